The SMILES string of the molecule is Cn1ncc(N)c1C(=O)NCC(C1CC1)C1CC1. The van der Waals surface area contributed by atoms with Crippen molar-refractivity contribution in [2.24, 2.45) is 24.8 Å². The standard InChI is InChI=1S/C13H20N4O/c1-17-12(11(14)7-16-17)13(18)15-6-10(8-2-3-8)9-4-5-9/h7-10H,2-6,14H2,1H3,(H,15,18). The van der Waals surface area contributed by atoms with E-state index in [0.717, 1.165) is 18.4 Å². The normalized spacial score (nSPS) is 19.2. The largest absolute Gasteiger partial charge is 0.396 e. The second-order valence-corrected chi connectivity index (χ2v) is 5.62. The van der Waals surface area contributed by atoms with Gasteiger partial charge in [-0.05, 0) is 43.4 Å². The monoisotopic (exact) mass is 248 g/mol. The molecule has 2 fully saturated rings. The summed E-state index contributed by atoms with van der Waals surface area (Å²) in [7, 11) is 1.74. The molecule has 0 bridgehead atoms. The van der Waals surface area contributed by atoms with E-state index in [-0.39, 0.29) is 5.91 Å². The number of nitrogens with zero attached hydrogens (tertiary/aromatic N) is 2. The Kier molecular flexibility index (Phi) is 2.76. The molecule has 1 aromatic rings. The first-order valence-corrected chi connectivity index (χ1v) is 6.72. The Morgan fingerprint density at radius 2 is 2.11 bits per heavy atom. The summed E-state index contributed by atoms with van der Waals surface area (Å²) >= 11 is 0. The number of nitrogen functional groups attached to an aromatic ring is 1. The lowest BCUT2D eigenvalue weighted by Gasteiger charge is -2.16. The molecule has 1 heterocycles. The highest BCUT2D eigenvalue weighted by Gasteiger charge is 2.41. The second kappa shape index (κ2) is 4.30. The third-order valence-corrected chi connectivity index (χ3v) is 4.14. The van der Waals surface area contributed by atoms with Gasteiger partial charge in [0.15, 0.2) is 0 Å². The second-order valence-electron chi connectivity index (χ2n) is 5.62. The van der Waals surface area contributed by atoms with Crippen LogP contribution in [0.1, 0.15) is 36.2 Å². The number of carbonyl (C=O) groups excluding carboxylic acids is 1. The van der Waals surface area contributed by atoms with Crippen LogP contribution in [0.3, 0.4) is 0 Å². The lowest BCUT2D eigenvalue weighted by atomic mass is 9.98. The quantitative estimate of drug-likeness (QED) is 0.821. The van der Waals surface area contributed by atoms with Crippen molar-refractivity contribution in [3.05, 3.63) is 11.9 Å². The number of aromatic nitrogens is 2. The molecule has 2 saturated carbocycles. The van der Waals surface area contributed by atoms with Gasteiger partial charge >= 0.3 is 0 Å². The Morgan fingerprint density at radius 1 is 1.50 bits per heavy atom. The summed E-state index contributed by atoms with van der Waals surface area (Å²) in [6.45, 7) is 0.790. The minimum Gasteiger partial charge on any atom is -0.396 e. The molecule has 2 aliphatic carbocycles. The predicted octanol–water partition coefficient (Wildman–Crippen LogP) is 1.17. The zero-order valence-electron chi connectivity index (χ0n) is 10.7. The molecule has 18 heavy (non-hydrogen) atoms. The van der Waals surface area contributed by atoms with E-state index in [0.29, 0.717) is 17.3 Å². The van der Waals surface area contributed by atoms with Crippen molar-refractivity contribution >= 4 is 11.6 Å². The van der Waals surface area contributed by atoms with Gasteiger partial charge in [-0.3, -0.25) is 9.48 Å². The first-order chi connectivity index (χ1) is 8.66. The molecule has 1 amide bonds. The molecule has 2 aliphatic rings. The maximum Gasteiger partial charge on any atom is 0.271 e. The number of nitrogens with two attached hydrogens (primary N) is 1. The van der Waals surface area contributed by atoms with Gasteiger partial charge in [-0.25, -0.2) is 0 Å². The summed E-state index contributed by atoms with van der Waals surface area (Å²) in [5.74, 6) is 2.28. The number of hydrogen-bond donors (Lipinski definition) is 2. The van der Waals surface area contributed by atoms with Crippen LogP contribution < -0.4 is 11.1 Å². The van der Waals surface area contributed by atoms with E-state index < -0.39 is 0 Å². The molecule has 0 radical (unpaired) electrons. The van der Waals surface area contributed by atoms with Crippen LogP contribution in [0, 0.1) is 17.8 Å². The zero-order valence-corrected chi connectivity index (χ0v) is 10.7. The number of nitrogens with one attached hydrogen (secondary N) is 1. The fraction of sp³-hybridized carbons (Fsp3) is 0.692. The van der Waals surface area contributed by atoms with Crippen LogP contribution in [-0.4, -0.2) is 22.2 Å². The van der Waals surface area contributed by atoms with Crippen LogP contribution in [0.15, 0.2) is 6.20 Å². The molecule has 0 atom stereocenters. The number of anilines is 1. The lowest BCUT2D eigenvalue weighted by molar-refractivity contribution is 0.0935. The molecule has 3 N–H and O–H groups in total. The summed E-state index contributed by atoms with van der Waals surface area (Å²) in [4.78, 5) is 12.1. The van der Waals surface area contributed by atoms with Crippen LogP contribution in [-0.2, 0) is 7.05 Å². The minimum absolute atomic E-state index is 0.0983. The van der Waals surface area contributed by atoms with Crippen molar-refractivity contribution in [1.29, 1.82) is 0 Å². The van der Waals surface area contributed by atoms with Crippen LogP contribution in [0.25, 0.3) is 0 Å². The van der Waals surface area contributed by atoms with Crippen LogP contribution in [0.5, 0.6) is 0 Å². The molecule has 5 heteroatoms. The van der Waals surface area contributed by atoms with Crippen LogP contribution in [0.4, 0.5) is 5.69 Å². The fourth-order valence-corrected chi connectivity index (χ4v) is 2.79. The molecule has 0 aliphatic heterocycles. The highest BCUT2D eigenvalue weighted by atomic mass is 16.2. The minimum atomic E-state index is -0.0983. The third kappa shape index (κ3) is 2.21. The van der Waals surface area contributed by atoms with Gasteiger partial charge < -0.3 is 11.1 Å². The molecular weight excluding hydrogens is 228 g/mol. The van der Waals surface area contributed by atoms with E-state index in [1.54, 1.807) is 7.05 Å². The van der Waals surface area contributed by atoms with Crippen molar-refractivity contribution < 1.29 is 4.79 Å². The zero-order chi connectivity index (χ0) is 12.7. The highest BCUT2D eigenvalue weighted by molar-refractivity contribution is 5.97. The summed E-state index contributed by atoms with van der Waals surface area (Å²) in [6.07, 6.45) is 6.87. The van der Waals surface area contributed by atoms with Crippen molar-refractivity contribution in [1.82, 2.24) is 15.1 Å². The molecule has 5 nitrogen and oxygen atoms in total. The Hall–Kier alpha value is -1.52. The van der Waals surface area contributed by atoms with E-state index in [9.17, 15) is 4.79 Å². The van der Waals surface area contributed by atoms with Crippen molar-refractivity contribution in [3.63, 3.8) is 0 Å². The Bertz CT molecular complexity index is 428. The van der Waals surface area contributed by atoms with Gasteiger partial charge in [0.1, 0.15) is 5.69 Å². The number of hydrogen-bond acceptors (Lipinski definition) is 3. The van der Waals surface area contributed by atoms with Gasteiger partial charge in [-0.1, -0.05) is 0 Å². The van der Waals surface area contributed by atoms with E-state index >= 15 is 0 Å². The average molecular weight is 248 g/mol. The molecule has 0 unspecified atom stereocenters. The van der Waals surface area contributed by atoms with E-state index in [2.05, 4.69) is 10.4 Å². The van der Waals surface area contributed by atoms with Crippen molar-refractivity contribution in [2.75, 3.05) is 12.3 Å². The summed E-state index contributed by atoms with van der Waals surface area (Å²) in [5.41, 5.74) is 6.67. The first-order valence-electron chi connectivity index (χ1n) is 6.72. The molecule has 3 rings (SSSR count). The van der Waals surface area contributed by atoms with Crippen molar-refractivity contribution in [3.8, 4) is 0 Å². The molecule has 0 aromatic carbocycles. The average Bonchev–Trinajstić information content (AvgIpc) is 3.21. The summed E-state index contributed by atoms with van der Waals surface area (Å²) in [6, 6.07) is 0. The fourth-order valence-electron chi connectivity index (χ4n) is 2.79. The highest BCUT2D eigenvalue weighted by Crippen LogP contribution is 2.48. The first kappa shape index (κ1) is 11.6. The Morgan fingerprint density at radius 3 is 2.56 bits per heavy atom. The van der Waals surface area contributed by atoms with E-state index in [1.807, 2.05) is 0 Å². The van der Waals surface area contributed by atoms with Crippen molar-refractivity contribution in [2.45, 2.75) is 25.7 Å². The van der Waals surface area contributed by atoms with Gasteiger partial charge in [-0.2, -0.15) is 5.10 Å². The Labute approximate surface area is 107 Å². The molecule has 0 saturated heterocycles. The number of aryl methyl sites for hydroxylation is 1. The lowest BCUT2D eigenvalue weighted by Crippen LogP contribution is -2.32. The maximum absolute atomic E-state index is 12.1. The molecule has 0 spiro atoms. The van der Waals surface area contributed by atoms with Crippen LogP contribution in [0.2, 0.25) is 0 Å². The van der Waals surface area contributed by atoms with E-state index in [4.69, 9.17) is 5.73 Å². The molecule has 98 valence electrons. The maximum atomic E-state index is 12.1. The van der Waals surface area contributed by atoms with Gasteiger partial charge in [0.2, 0.25) is 0 Å². The molecular formula is C13H20N4O. The molecule has 1 aromatic heterocycles. The van der Waals surface area contributed by atoms with Gasteiger partial charge in [-0.15, -0.1) is 0 Å². The van der Waals surface area contributed by atoms with E-state index in [1.165, 1.54) is 36.6 Å². The smallest absolute Gasteiger partial charge is 0.271 e. The Balaban J connectivity index is 1.60. The number of rotatable bonds is 5. The van der Waals surface area contributed by atoms with Crippen LogP contribution >= 0.6 is 0 Å². The van der Waals surface area contributed by atoms with Gasteiger partial charge in [0.05, 0.1) is 11.9 Å². The summed E-state index contributed by atoms with van der Waals surface area (Å²) < 4.78 is 1.54. The predicted molar refractivity (Wildman–Crippen MR) is 68.9 cm³/mol. The van der Waals surface area contributed by atoms with Gasteiger partial charge in [0, 0.05) is 13.6 Å². The topological polar surface area (TPSA) is 72.9 Å². The summed E-state index contributed by atoms with van der Waals surface area (Å²) in [5, 5.41) is 7.02. The number of amides is 1. The number of carbonyl (C=O) groups is 1. The third-order valence-electron chi connectivity index (χ3n) is 4.14. The van der Waals surface area contributed by atoms with Gasteiger partial charge in [0.25, 0.3) is 5.91 Å².